The van der Waals surface area contributed by atoms with Crippen LogP contribution in [0.5, 0.6) is 0 Å². The number of imidazole rings is 1. The molecule has 0 fully saturated rings. The Morgan fingerprint density at radius 1 is 1.26 bits per heavy atom. The van der Waals surface area contributed by atoms with E-state index in [1.165, 1.54) is 23.9 Å². The molecule has 0 N–H and O–H groups in total. The Morgan fingerprint density at radius 2 is 2.00 bits per heavy atom. The van der Waals surface area contributed by atoms with Crippen LogP contribution in [0, 0.1) is 12.7 Å². The SMILES string of the molecule is Cc1nn(C)cc1CN(C)C(=O)c1cnc(SCc2cc(C(C)C)no2)n1-c1ccc(F)cc1. The average Bonchev–Trinajstić information content (AvgIpc) is 3.51. The maximum Gasteiger partial charge on any atom is 0.272 e. The molecular formula is C24H27FN6O2S. The standard InChI is InChI=1S/C24H27FN6O2S/c1-15(2)21-10-20(33-28-21)14-34-24-26-11-22(31(24)19-8-6-18(25)7-9-19)23(32)29(4)12-17-13-30(5)27-16(17)3/h6-11,13,15H,12,14H2,1-5H3. The number of aryl methyl sites for hydroxylation is 2. The number of amides is 1. The highest BCUT2D eigenvalue weighted by molar-refractivity contribution is 7.98. The van der Waals surface area contributed by atoms with E-state index in [0.29, 0.717) is 28.8 Å². The van der Waals surface area contributed by atoms with Gasteiger partial charge in [0, 0.05) is 44.2 Å². The van der Waals surface area contributed by atoms with E-state index in [4.69, 9.17) is 4.52 Å². The molecule has 3 aromatic heterocycles. The number of carbonyl (C=O) groups excluding carboxylic acids is 1. The predicted molar refractivity (Wildman–Crippen MR) is 127 cm³/mol. The lowest BCUT2D eigenvalue weighted by Gasteiger charge is -2.18. The molecule has 0 aliphatic heterocycles. The Hall–Kier alpha value is -3.40. The van der Waals surface area contributed by atoms with E-state index >= 15 is 0 Å². The molecule has 1 amide bonds. The predicted octanol–water partition coefficient (Wildman–Crippen LogP) is 4.73. The van der Waals surface area contributed by atoms with E-state index in [-0.39, 0.29) is 17.6 Å². The number of hydrogen-bond donors (Lipinski definition) is 0. The number of carbonyl (C=O) groups is 1. The van der Waals surface area contributed by atoms with Gasteiger partial charge in [0.15, 0.2) is 5.16 Å². The fourth-order valence-electron chi connectivity index (χ4n) is 3.56. The molecule has 10 heteroatoms. The number of nitrogens with zero attached hydrogens (tertiary/aromatic N) is 6. The van der Waals surface area contributed by atoms with Crippen LogP contribution in [0.4, 0.5) is 4.39 Å². The monoisotopic (exact) mass is 482 g/mol. The summed E-state index contributed by atoms with van der Waals surface area (Å²) >= 11 is 1.42. The lowest BCUT2D eigenvalue weighted by atomic mass is 10.1. The second-order valence-corrected chi connectivity index (χ2v) is 9.42. The van der Waals surface area contributed by atoms with Crippen LogP contribution in [0.1, 0.15) is 53.0 Å². The van der Waals surface area contributed by atoms with Crippen molar-refractivity contribution in [1.29, 1.82) is 0 Å². The number of thioether (sulfide) groups is 1. The molecule has 0 saturated heterocycles. The minimum atomic E-state index is -0.349. The van der Waals surface area contributed by atoms with Crippen LogP contribution in [0.2, 0.25) is 0 Å². The lowest BCUT2D eigenvalue weighted by molar-refractivity contribution is 0.0776. The van der Waals surface area contributed by atoms with E-state index < -0.39 is 0 Å². The van der Waals surface area contributed by atoms with Crippen molar-refractivity contribution in [2.75, 3.05) is 7.05 Å². The zero-order valence-electron chi connectivity index (χ0n) is 19.8. The van der Waals surface area contributed by atoms with Gasteiger partial charge in [0.05, 0.1) is 23.3 Å². The first-order valence-corrected chi connectivity index (χ1v) is 11.9. The summed E-state index contributed by atoms with van der Waals surface area (Å²) in [6.45, 7) is 6.43. The first-order valence-electron chi connectivity index (χ1n) is 10.9. The van der Waals surface area contributed by atoms with Gasteiger partial charge < -0.3 is 9.42 Å². The second kappa shape index (κ2) is 9.84. The normalized spacial score (nSPS) is 11.4. The third-order valence-electron chi connectivity index (χ3n) is 5.41. The number of halogens is 1. The van der Waals surface area contributed by atoms with E-state index in [0.717, 1.165) is 22.7 Å². The summed E-state index contributed by atoms with van der Waals surface area (Å²) in [6, 6.07) is 7.93. The zero-order chi connectivity index (χ0) is 24.4. The fourth-order valence-corrected chi connectivity index (χ4v) is 4.43. The third-order valence-corrected chi connectivity index (χ3v) is 6.39. The molecule has 34 heavy (non-hydrogen) atoms. The minimum absolute atomic E-state index is 0.200. The molecule has 3 heterocycles. The van der Waals surface area contributed by atoms with Crippen LogP contribution in [0.15, 0.2) is 52.4 Å². The first-order chi connectivity index (χ1) is 16.2. The fraction of sp³-hybridized carbons (Fsp3) is 0.333. The molecule has 8 nitrogen and oxygen atoms in total. The molecule has 0 unspecified atom stereocenters. The Bertz CT molecular complexity index is 1290. The topological polar surface area (TPSA) is 82.0 Å². The van der Waals surface area contributed by atoms with E-state index in [2.05, 4.69) is 29.1 Å². The second-order valence-electron chi connectivity index (χ2n) is 8.47. The third kappa shape index (κ3) is 5.06. The molecule has 0 atom stereocenters. The zero-order valence-corrected chi connectivity index (χ0v) is 20.6. The van der Waals surface area contributed by atoms with E-state index in [1.54, 1.807) is 39.5 Å². The molecule has 0 bridgehead atoms. The molecule has 4 aromatic rings. The van der Waals surface area contributed by atoms with Gasteiger partial charge in [-0.1, -0.05) is 30.8 Å². The van der Waals surface area contributed by atoms with Crippen molar-refractivity contribution in [3.8, 4) is 5.69 Å². The van der Waals surface area contributed by atoms with Crippen molar-refractivity contribution in [1.82, 2.24) is 29.4 Å². The summed E-state index contributed by atoms with van der Waals surface area (Å²) in [6.07, 6.45) is 3.46. The molecule has 1 aromatic carbocycles. The van der Waals surface area contributed by atoms with E-state index in [9.17, 15) is 9.18 Å². The van der Waals surface area contributed by atoms with Crippen LogP contribution < -0.4 is 0 Å². The van der Waals surface area contributed by atoms with Crippen molar-refractivity contribution < 1.29 is 13.7 Å². The van der Waals surface area contributed by atoms with Crippen molar-refractivity contribution in [3.05, 3.63) is 76.9 Å². The number of hydrogen-bond acceptors (Lipinski definition) is 6. The molecule has 0 saturated carbocycles. The average molecular weight is 483 g/mol. The van der Waals surface area contributed by atoms with Crippen molar-refractivity contribution in [2.45, 2.75) is 44.1 Å². The maximum absolute atomic E-state index is 13.6. The largest absolute Gasteiger partial charge is 0.360 e. The van der Waals surface area contributed by atoms with Crippen LogP contribution in [0.3, 0.4) is 0 Å². The summed E-state index contributed by atoms with van der Waals surface area (Å²) in [5.74, 6) is 0.939. The van der Waals surface area contributed by atoms with Gasteiger partial charge in [0.1, 0.15) is 17.3 Å². The lowest BCUT2D eigenvalue weighted by Crippen LogP contribution is -2.28. The number of benzene rings is 1. The van der Waals surface area contributed by atoms with Gasteiger partial charge in [0.2, 0.25) is 0 Å². The molecule has 4 rings (SSSR count). The highest BCUT2D eigenvalue weighted by Gasteiger charge is 2.23. The quantitative estimate of drug-likeness (QED) is 0.338. The van der Waals surface area contributed by atoms with Crippen molar-refractivity contribution >= 4 is 17.7 Å². The van der Waals surface area contributed by atoms with Gasteiger partial charge >= 0.3 is 0 Å². The Kier molecular flexibility index (Phi) is 6.87. The van der Waals surface area contributed by atoms with Gasteiger partial charge in [0.25, 0.3) is 5.91 Å². The molecule has 0 aliphatic carbocycles. The minimum Gasteiger partial charge on any atom is -0.360 e. The summed E-state index contributed by atoms with van der Waals surface area (Å²) in [5, 5.41) is 9.05. The highest BCUT2D eigenvalue weighted by atomic mass is 32.2. The molecular weight excluding hydrogens is 455 g/mol. The van der Waals surface area contributed by atoms with E-state index in [1.807, 2.05) is 26.2 Å². The summed E-state index contributed by atoms with van der Waals surface area (Å²) < 4.78 is 22.5. The van der Waals surface area contributed by atoms with Gasteiger partial charge in [-0.2, -0.15) is 5.10 Å². The molecule has 0 radical (unpaired) electrons. The van der Waals surface area contributed by atoms with Gasteiger partial charge in [-0.25, -0.2) is 9.37 Å². The first kappa shape index (κ1) is 23.7. The smallest absolute Gasteiger partial charge is 0.272 e. The van der Waals surface area contributed by atoms with Crippen LogP contribution in [0.25, 0.3) is 5.69 Å². The molecule has 0 aliphatic rings. The van der Waals surface area contributed by atoms with Crippen LogP contribution in [-0.4, -0.2) is 42.3 Å². The van der Waals surface area contributed by atoms with Gasteiger partial charge in [-0.15, -0.1) is 0 Å². The van der Waals surface area contributed by atoms with Gasteiger partial charge in [-0.05, 0) is 37.1 Å². The maximum atomic E-state index is 13.6. The summed E-state index contributed by atoms with van der Waals surface area (Å²) in [7, 11) is 3.59. The van der Waals surface area contributed by atoms with Crippen molar-refractivity contribution in [2.24, 2.45) is 7.05 Å². The number of aromatic nitrogens is 5. The number of rotatable bonds is 8. The van der Waals surface area contributed by atoms with Crippen LogP contribution in [-0.2, 0) is 19.3 Å². The Labute approximate surface area is 201 Å². The highest BCUT2D eigenvalue weighted by Crippen LogP contribution is 2.28. The van der Waals surface area contributed by atoms with Crippen LogP contribution >= 0.6 is 11.8 Å². The van der Waals surface area contributed by atoms with Crippen molar-refractivity contribution in [3.63, 3.8) is 0 Å². The summed E-state index contributed by atoms with van der Waals surface area (Å²) in [5.41, 5.74) is 3.76. The Balaban J connectivity index is 1.62. The Morgan fingerprint density at radius 3 is 2.62 bits per heavy atom. The van der Waals surface area contributed by atoms with Gasteiger partial charge in [-0.3, -0.25) is 14.0 Å². The summed E-state index contributed by atoms with van der Waals surface area (Å²) in [4.78, 5) is 19.6. The molecule has 0 spiro atoms. The molecule has 178 valence electrons.